The average molecular weight is 275 g/mol. The summed E-state index contributed by atoms with van der Waals surface area (Å²) in [7, 11) is 0. The van der Waals surface area contributed by atoms with Gasteiger partial charge >= 0.3 is 0 Å². The quantitative estimate of drug-likeness (QED) is 0.917. The lowest BCUT2D eigenvalue weighted by Gasteiger charge is -2.21. The highest BCUT2D eigenvalue weighted by Gasteiger charge is 2.29. The van der Waals surface area contributed by atoms with Gasteiger partial charge < -0.3 is 5.32 Å². The molecule has 1 saturated heterocycles. The summed E-state index contributed by atoms with van der Waals surface area (Å²) in [5, 5.41) is 7.95. The molecule has 0 bridgehead atoms. The lowest BCUT2D eigenvalue weighted by Crippen LogP contribution is -2.23. The number of carbonyl (C=O) groups excluding carboxylic acids is 1. The molecule has 2 fully saturated rings. The minimum atomic E-state index is 0.176. The summed E-state index contributed by atoms with van der Waals surface area (Å²) in [5.41, 5.74) is 0.944. The maximum absolute atomic E-state index is 12.3. The van der Waals surface area contributed by atoms with Crippen LogP contribution in [0.5, 0.6) is 0 Å². The highest BCUT2D eigenvalue weighted by atomic mass is 16.1. The number of nitrogens with zero attached hydrogens (tertiary/aromatic N) is 2. The topological polar surface area (TPSA) is 46.9 Å². The second kappa shape index (κ2) is 6.08. The fourth-order valence-corrected chi connectivity index (χ4v) is 3.57. The molecule has 2 atom stereocenters. The molecule has 2 heterocycles. The molecule has 1 aromatic rings. The number of nitrogens with one attached hydrogen (secondary N) is 1. The van der Waals surface area contributed by atoms with E-state index >= 15 is 0 Å². The van der Waals surface area contributed by atoms with E-state index in [1.54, 1.807) is 0 Å². The molecule has 3 rings (SSSR count). The van der Waals surface area contributed by atoms with Gasteiger partial charge in [0.15, 0.2) is 0 Å². The summed E-state index contributed by atoms with van der Waals surface area (Å²) in [5.74, 6) is 0.981. The monoisotopic (exact) mass is 275 g/mol. The number of rotatable bonds is 4. The van der Waals surface area contributed by atoms with Gasteiger partial charge in [-0.1, -0.05) is 26.2 Å². The number of aromatic nitrogens is 2. The van der Waals surface area contributed by atoms with Crippen LogP contribution in [0, 0.1) is 11.8 Å². The standard InChI is InChI=1S/C16H25N3O/c1-12-10-17-11-15(12)16(20)9-13-7-8-19(18-13)14-5-3-2-4-6-14/h7-8,12,14-15,17H,2-6,9-11H2,1H3. The molecule has 2 aliphatic rings. The molecule has 0 amide bonds. The molecule has 0 radical (unpaired) electrons. The molecule has 1 aliphatic heterocycles. The molecule has 4 nitrogen and oxygen atoms in total. The van der Waals surface area contributed by atoms with Crippen molar-refractivity contribution < 1.29 is 4.79 Å². The van der Waals surface area contributed by atoms with Crippen molar-refractivity contribution in [1.82, 2.24) is 15.1 Å². The molecule has 2 unspecified atom stereocenters. The van der Waals surface area contributed by atoms with E-state index in [4.69, 9.17) is 0 Å². The number of ketones is 1. The van der Waals surface area contributed by atoms with E-state index < -0.39 is 0 Å². The van der Waals surface area contributed by atoms with Crippen molar-refractivity contribution in [2.75, 3.05) is 13.1 Å². The molecule has 1 N–H and O–H groups in total. The Morgan fingerprint density at radius 1 is 1.35 bits per heavy atom. The predicted octanol–water partition coefficient (Wildman–Crippen LogP) is 2.36. The van der Waals surface area contributed by atoms with E-state index in [0.29, 0.717) is 24.2 Å². The highest BCUT2D eigenvalue weighted by molar-refractivity contribution is 5.83. The summed E-state index contributed by atoms with van der Waals surface area (Å²) in [6, 6.07) is 2.58. The number of Topliss-reactive ketones (excluding diaryl/α,β-unsaturated/α-hetero) is 1. The second-order valence-electron chi connectivity index (χ2n) is 6.46. The van der Waals surface area contributed by atoms with Crippen molar-refractivity contribution in [3.8, 4) is 0 Å². The molecule has 1 saturated carbocycles. The number of carbonyl (C=O) groups is 1. The normalized spacial score (nSPS) is 27.9. The van der Waals surface area contributed by atoms with Crippen LogP contribution < -0.4 is 5.32 Å². The number of hydrogen-bond acceptors (Lipinski definition) is 3. The summed E-state index contributed by atoms with van der Waals surface area (Å²) >= 11 is 0. The van der Waals surface area contributed by atoms with Crippen LogP contribution in [0.4, 0.5) is 0 Å². The van der Waals surface area contributed by atoms with Crippen LogP contribution in [0.2, 0.25) is 0 Å². The van der Waals surface area contributed by atoms with Crippen molar-refractivity contribution in [3.63, 3.8) is 0 Å². The van der Waals surface area contributed by atoms with Crippen LogP contribution in [-0.2, 0) is 11.2 Å². The third-order valence-electron chi connectivity index (χ3n) is 4.90. The summed E-state index contributed by atoms with van der Waals surface area (Å²) in [4.78, 5) is 12.3. The number of hydrogen-bond donors (Lipinski definition) is 1. The van der Waals surface area contributed by atoms with E-state index in [1.807, 2.05) is 6.07 Å². The fourth-order valence-electron chi connectivity index (χ4n) is 3.57. The van der Waals surface area contributed by atoms with Gasteiger partial charge in [0.1, 0.15) is 5.78 Å². The zero-order chi connectivity index (χ0) is 13.9. The lowest BCUT2D eigenvalue weighted by atomic mass is 9.91. The molecule has 0 spiro atoms. The molecule has 1 aromatic heterocycles. The first-order valence-electron chi connectivity index (χ1n) is 8.01. The van der Waals surface area contributed by atoms with Gasteiger partial charge in [-0.15, -0.1) is 0 Å². The Morgan fingerprint density at radius 3 is 2.85 bits per heavy atom. The Bertz CT molecular complexity index is 462. The van der Waals surface area contributed by atoms with Crippen molar-refractivity contribution in [2.45, 2.75) is 51.5 Å². The highest BCUT2D eigenvalue weighted by Crippen LogP contribution is 2.27. The van der Waals surface area contributed by atoms with Crippen LogP contribution >= 0.6 is 0 Å². The minimum absolute atomic E-state index is 0.176. The minimum Gasteiger partial charge on any atom is -0.316 e. The van der Waals surface area contributed by atoms with Crippen molar-refractivity contribution in [2.24, 2.45) is 11.8 Å². The van der Waals surface area contributed by atoms with Gasteiger partial charge in [-0.05, 0) is 31.4 Å². The van der Waals surface area contributed by atoms with E-state index in [0.717, 1.165) is 18.8 Å². The molecule has 0 aromatic carbocycles. The first-order chi connectivity index (χ1) is 9.74. The van der Waals surface area contributed by atoms with Crippen molar-refractivity contribution in [3.05, 3.63) is 18.0 Å². The van der Waals surface area contributed by atoms with E-state index in [1.165, 1.54) is 32.1 Å². The van der Waals surface area contributed by atoms with Crippen LogP contribution in [-0.4, -0.2) is 28.7 Å². The molecular formula is C16H25N3O. The van der Waals surface area contributed by atoms with Gasteiger partial charge in [0.25, 0.3) is 0 Å². The summed E-state index contributed by atoms with van der Waals surface area (Å²) in [6.07, 6.45) is 9.01. The molecule has 4 heteroatoms. The summed E-state index contributed by atoms with van der Waals surface area (Å²) < 4.78 is 2.10. The predicted molar refractivity (Wildman–Crippen MR) is 78.6 cm³/mol. The van der Waals surface area contributed by atoms with Gasteiger partial charge in [0, 0.05) is 18.7 Å². The lowest BCUT2D eigenvalue weighted by molar-refractivity contribution is -0.122. The Kier molecular flexibility index (Phi) is 4.20. The largest absolute Gasteiger partial charge is 0.316 e. The molecule has 110 valence electrons. The maximum atomic E-state index is 12.3. The zero-order valence-corrected chi connectivity index (χ0v) is 12.3. The van der Waals surface area contributed by atoms with Gasteiger partial charge in [-0.25, -0.2) is 0 Å². The van der Waals surface area contributed by atoms with E-state index in [9.17, 15) is 4.79 Å². The zero-order valence-electron chi connectivity index (χ0n) is 12.3. The van der Waals surface area contributed by atoms with E-state index in [-0.39, 0.29) is 5.92 Å². The smallest absolute Gasteiger partial charge is 0.143 e. The Labute approximate surface area is 120 Å². The average Bonchev–Trinajstić information content (AvgIpc) is 3.09. The fraction of sp³-hybridized carbons (Fsp3) is 0.750. The third kappa shape index (κ3) is 2.95. The Morgan fingerprint density at radius 2 is 2.15 bits per heavy atom. The molecule has 1 aliphatic carbocycles. The van der Waals surface area contributed by atoms with Gasteiger partial charge in [0.05, 0.1) is 18.2 Å². The van der Waals surface area contributed by atoms with Gasteiger partial charge in [-0.2, -0.15) is 5.10 Å². The van der Waals surface area contributed by atoms with Crippen LogP contribution in [0.15, 0.2) is 12.3 Å². The van der Waals surface area contributed by atoms with Crippen molar-refractivity contribution >= 4 is 5.78 Å². The molecular weight excluding hydrogens is 250 g/mol. The van der Waals surface area contributed by atoms with Crippen LogP contribution in [0.1, 0.15) is 50.8 Å². The van der Waals surface area contributed by atoms with E-state index in [2.05, 4.69) is 28.2 Å². The van der Waals surface area contributed by atoms with Crippen LogP contribution in [0.25, 0.3) is 0 Å². The van der Waals surface area contributed by atoms with Gasteiger partial charge in [-0.3, -0.25) is 9.48 Å². The SMILES string of the molecule is CC1CNCC1C(=O)Cc1ccn(C2CCCCC2)n1. The summed E-state index contributed by atoms with van der Waals surface area (Å²) in [6.45, 7) is 3.96. The van der Waals surface area contributed by atoms with Crippen molar-refractivity contribution in [1.29, 1.82) is 0 Å². The first-order valence-corrected chi connectivity index (χ1v) is 8.01. The Balaban J connectivity index is 1.60. The van der Waals surface area contributed by atoms with Gasteiger partial charge in [0.2, 0.25) is 0 Å². The second-order valence-corrected chi connectivity index (χ2v) is 6.46. The molecule has 20 heavy (non-hydrogen) atoms. The third-order valence-corrected chi connectivity index (χ3v) is 4.90. The Hall–Kier alpha value is -1.16. The first kappa shape index (κ1) is 13.8. The van der Waals surface area contributed by atoms with Crippen LogP contribution in [0.3, 0.4) is 0 Å². The maximum Gasteiger partial charge on any atom is 0.143 e.